The summed E-state index contributed by atoms with van der Waals surface area (Å²) in [5.74, 6) is 0. The molecule has 0 saturated carbocycles. The Kier molecular flexibility index (Phi) is 3.44. The van der Waals surface area contributed by atoms with Crippen molar-refractivity contribution >= 4 is 16.8 Å². The maximum Gasteiger partial charge on any atom is 0.0574 e. The van der Waals surface area contributed by atoms with Gasteiger partial charge < -0.3 is 0 Å². The molecule has 2 rings (SSSR count). The Hall–Kier alpha value is -1.96. The van der Waals surface area contributed by atoms with Gasteiger partial charge in [0.05, 0.1) is 12.4 Å². The van der Waals surface area contributed by atoms with E-state index in [0.29, 0.717) is 0 Å². The average molecular weight is 209 g/mol. The fraction of sp³-hybridized carbons (Fsp3) is 0.0714. The van der Waals surface area contributed by atoms with Gasteiger partial charge in [0.2, 0.25) is 0 Å². The monoisotopic (exact) mass is 209 g/mol. The molecule has 0 aliphatic carbocycles. The van der Waals surface area contributed by atoms with Crippen LogP contribution < -0.4 is 0 Å². The summed E-state index contributed by atoms with van der Waals surface area (Å²) in [5, 5.41) is 9.93. The van der Waals surface area contributed by atoms with Gasteiger partial charge in [-0.15, -0.1) is 0 Å². The minimum absolute atomic E-state index is 0.817. The molecule has 1 aromatic heterocycles. The first-order valence-electron chi connectivity index (χ1n) is 5.23. The molecule has 0 saturated heterocycles. The van der Waals surface area contributed by atoms with E-state index in [2.05, 4.69) is 41.4 Å². The molecule has 0 unspecified atom stereocenters. The van der Waals surface area contributed by atoms with Crippen LogP contribution in [0.1, 0.15) is 12.0 Å². The Morgan fingerprint density at radius 1 is 1.06 bits per heavy atom. The minimum Gasteiger partial charge on any atom is -0.158 e. The van der Waals surface area contributed by atoms with Crippen molar-refractivity contribution in [3.05, 3.63) is 61.3 Å². The second-order valence-electron chi connectivity index (χ2n) is 3.45. The maximum atomic E-state index is 3.87. The summed E-state index contributed by atoms with van der Waals surface area (Å²) in [7, 11) is 0. The zero-order valence-electron chi connectivity index (χ0n) is 9.00. The first kappa shape index (κ1) is 10.6. The summed E-state index contributed by atoms with van der Waals surface area (Å²) in [6.45, 7) is 3.74. The highest BCUT2D eigenvalue weighted by Crippen LogP contribution is 2.14. The molecule has 16 heavy (non-hydrogen) atoms. The van der Waals surface area contributed by atoms with Crippen LogP contribution >= 0.6 is 0 Å². The molecule has 0 fully saturated rings. The molecule has 2 nitrogen and oxygen atoms in total. The smallest absolute Gasteiger partial charge is 0.0574 e. The molecule has 1 radical (unpaired) electrons. The number of hydrogen-bond donors (Lipinski definition) is 0. The lowest BCUT2D eigenvalue weighted by atomic mass is 10.1. The van der Waals surface area contributed by atoms with Crippen molar-refractivity contribution in [2.24, 2.45) is 0 Å². The molecule has 0 aliphatic heterocycles. The Balaban J connectivity index is 2.26. The van der Waals surface area contributed by atoms with Crippen LogP contribution in [0.25, 0.3) is 16.8 Å². The standard InChI is InChI=1S/C14H13N2/c1-2-3-4-5-6-12-7-8-13-10-15-16-11-14(13)9-12/h3-11H,1-2H2. The summed E-state index contributed by atoms with van der Waals surface area (Å²) in [4.78, 5) is 0. The number of aromatic nitrogens is 2. The molecule has 0 aliphatic rings. The van der Waals surface area contributed by atoms with Crippen LogP contribution in [0.5, 0.6) is 0 Å². The highest BCUT2D eigenvalue weighted by molar-refractivity contribution is 5.83. The molecular weight excluding hydrogens is 196 g/mol. The Labute approximate surface area is 95.3 Å². The third-order valence-electron chi connectivity index (χ3n) is 2.27. The Morgan fingerprint density at radius 2 is 1.88 bits per heavy atom. The van der Waals surface area contributed by atoms with Crippen molar-refractivity contribution in [2.75, 3.05) is 0 Å². The summed E-state index contributed by atoms with van der Waals surface area (Å²) in [6.07, 6.45) is 12.5. The zero-order valence-corrected chi connectivity index (χ0v) is 9.00. The fourth-order valence-corrected chi connectivity index (χ4v) is 1.46. The molecular formula is C14H13N2. The van der Waals surface area contributed by atoms with Crippen LogP contribution in [0.2, 0.25) is 0 Å². The molecule has 2 aromatic rings. The first-order valence-corrected chi connectivity index (χ1v) is 5.23. The second kappa shape index (κ2) is 5.21. The average Bonchev–Trinajstić information content (AvgIpc) is 2.34. The van der Waals surface area contributed by atoms with E-state index in [0.717, 1.165) is 22.8 Å². The van der Waals surface area contributed by atoms with E-state index >= 15 is 0 Å². The van der Waals surface area contributed by atoms with Gasteiger partial charge in [0, 0.05) is 10.8 Å². The van der Waals surface area contributed by atoms with E-state index < -0.39 is 0 Å². The van der Waals surface area contributed by atoms with E-state index in [9.17, 15) is 0 Å². The Morgan fingerprint density at radius 3 is 2.69 bits per heavy atom. The van der Waals surface area contributed by atoms with Gasteiger partial charge >= 0.3 is 0 Å². The largest absolute Gasteiger partial charge is 0.158 e. The number of hydrogen-bond acceptors (Lipinski definition) is 2. The molecule has 0 atom stereocenters. The lowest BCUT2D eigenvalue weighted by Gasteiger charge is -1.97. The number of nitrogens with zero attached hydrogens (tertiary/aromatic N) is 2. The van der Waals surface area contributed by atoms with Crippen molar-refractivity contribution in [1.29, 1.82) is 0 Å². The van der Waals surface area contributed by atoms with Crippen LogP contribution in [0.3, 0.4) is 0 Å². The SMILES string of the molecule is [CH2]CC=CC=Cc1ccc2cnncc2c1. The van der Waals surface area contributed by atoms with Crippen LogP contribution in [-0.4, -0.2) is 10.2 Å². The molecule has 1 heterocycles. The first-order chi connectivity index (χ1) is 7.90. The highest BCUT2D eigenvalue weighted by atomic mass is 15.1. The number of fused-ring (bicyclic) bond motifs is 1. The van der Waals surface area contributed by atoms with E-state index in [1.807, 2.05) is 18.2 Å². The summed E-state index contributed by atoms with van der Waals surface area (Å²) in [6, 6.07) is 6.21. The topological polar surface area (TPSA) is 25.8 Å². The van der Waals surface area contributed by atoms with E-state index in [1.54, 1.807) is 12.4 Å². The van der Waals surface area contributed by atoms with Gasteiger partial charge in [0.25, 0.3) is 0 Å². The lowest BCUT2D eigenvalue weighted by molar-refractivity contribution is 1.05. The van der Waals surface area contributed by atoms with Crippen LogP contribution in [0.15, 0.2) is 48.8 Å². The lowest BCUT2D eigenvalue weighted by Crippen LogP contribution is -1.80. The molecule has 0 N–H and O–H groups in total. The maximum absolute atomic E-state index is 3.87. The molecule has 2 heteroatoms. The van der Waals surface area contributed by atoms with Gasteiger partial charge in [0.1, 0.15) is 0 Å². The van der Waals surface area contributed by atoms with E-state index in [-0.39, 0.29) is 0 Å². The van der Waals surface area contributed by atoms with Gasteiger partial charge in [-0.1, -0.05) is 36.4 Å². The summed E-state index contributed by atoms with van der Waals surface area (Å²) in [5.41, 5.74) is 1.16. The van der Waals surface area contributed by atoms with Gasteiger partial charge in [-0.05, 0) is 25.0 Å². The van der Waals surface area contributed by atoms with Crippen molar-refractivity contribution in [1.82, 2.24) is 10.2 Å². The van der Waals surface area contributed by atoms with Crippen LogP contribution in [-0.2, 0) is 0 Å². The normalized spacial score (nSPS) is 11.8. The molecule has 0 spiro atoms. The van der Waals surface area contributed by atoms with Gasteiger partial charge in [-0.25, -0.2) is 0 Å². The van der Waals surface area contributed by atoms with Gasteiger partial charge in [0.15, 0.2) is 0 Å². The van der Waals surface area contributed by atoms with Gasteiger partial charge in [-0.2, -0.15) is 10.2 Å². The van der Waals surface area contributed by atoms with E-state index in [4.69, 9.17) is 0 Å². The molecule has 1 aromatic carbocycles. The van der Waals surface area contributed by atoms with Crippen LogP contribution in [0.4, 0.5) is 0 Å². The number of allylic oxidation sites excluding steroid dienone is 3. The predicted molar refractivity (Wildman–Crippen MR) is 67.7 cm³/mol. The van der Waals surface area contributed by atoms with Crippen molar-refractivity contribution < 1.29 is 0 Å². The van der Waals surface area contributed by atoms with Crippen molar-refractivity contribution in [3.63, 3.8) is 0 Å². The predicted octanol–water partition coefficient (Wildman–Crippen LogP) is 3.42. The van der Waals surface area contributed by atoms with Crippen molar-refractivity contribution in [3.8, 4) is 0 Å². The highest BCUT2D eigenvalue weighted by Gasteiger charge is 1.93. The van der Waals surface area contributed by atoms with Crippen molar-refractivity contribution in [2.45, 2.75) is 6.42 Å². The molecule has 0 bridgehead atoms. The molecule has 0 amide bonds. The van der Waals surface area contributed by atoms with Crippen LogP contribution in [0, 0.1) is 6.92 Å². The minimum atomic E-state index is 0.817. The van der Waals surface area contributed by atoms with Gasteiger partial charge in [-0.3, -0.25) is 0 Å². The number of benzene rings is 1. The fourth-order valence-electron chi connectivity index (χ4n) is 1.46. The zero-order chi connectivity index (χ0) is 11.2. The summed E-state index contributed by atoms with van der Waals surface area (Å²) >= 11 is 0. The van der Waals surface area contributed by atoms with E-state index in [1.165, 1.54) is 0 Å². The number of rotatable bonds is 3. The summed E-state index contributed by atoms with van der Waals surface area (Å²) < 4.78 is 0. The second-order valence-corrected chi connectivity index (χ2v) is 3.45. The third-order valence-corrected chi connectivity index (χ3v) is 2.27. The third kappa shape index (κ3) is 2.54. The quantitative estimate of drug-likeness (QED) is 0.724. The molecule has 79 valence electrons. The Bertz CT molecular complexity index is 527.